The molecular formula is C19H32O4. The lowest BCUT2D eigenvalue weighted by Gasteiger charge is -2.35. The van der Waals surface area contributed by atoms with Crippen LogP contribution in [0.15, 0.2) is 18.2 Å². The lowest BCUT2D eigenvalue weighted by molar-refractivity contribution is -0.0852. The van der Waals surface area contributed by atoms with E-state index in [-0.39, 0.29) is 10.8 Å². The van der Waals surface area contributed by atoms with Gasteiger partial charge in [0.05, 0.1) is 31.3 Å². The summed E-state index contributed by atoms with van der Waals surface area (Å²) in [6.07, 6.45) is -1.14. The SMILES string of the molecule is CC(C)(C)c1ccc(C(O)C(CO)(CO)CO)cc1C(C)(C)C. The van der Waals surface area contributed by atoms with Crippen LogP contribution in [-0.4, -0.2) is 40.2 Å². The maximum absolute atomic E-state index is 10.6. The number of rotatable bonds is 5. The van der Waals surface area contributed by atoms with Crippen LogP contribution in [0.4, 0.5) is 0 Å². The molecule has 1 aromatic carbocycles. The van der Waals surface area contributed by atoms with Crippen molar-refractivity contribution in [2.45, 2.75) is 58.5 Å². The minimum atomic E-state index is -1.35. The van der Waals surface area contributed by atoms with Gasteiger partial charge in [-0.3, -0.25) is 0 Å². The van der Waals surface area contributed by atoms with Crippen molar-refractivity contribution in [2.24, 2.45) is 5.41 Å². The van der Waals surface area contributed by atoms with Crippen LogP contribution in [-0.2, 0) is 10.8 Å². The first-order valence-corrected chi connectivity index (χ1v) is 8.08. The van der Waals surface area contributed by atoms with Crippen LogP contribution >= 0.6 is 0 Å². The summed E-state index contributed by atoms with van der Waals surface area (Å²) < 4.78 is 0. The molecule has 0 amide bonds. The highest BCUT2D eigenvalue weighted by molar-refractivity contribution is 5.41. The van der Waals surface area contributed by atoms with Crippen molar-refractivity contribution in [1.82, 2.24) is 0 Å². The van der Waals surface area contributed by atoms with Crippen LogP contribution in [0.25, 0.3) is 0 Å². The fourth-order valence-corrected chi connectivity index (χ4v) is 2.77. The Bertz CT molecular complexity index is 511. The van der Waals surface area contributed by atoms with Crippen molar-refractivity contribution in [1.29, 1.82) is 0 Å². The van der Waals surface area contributed by atoms with Crippen LogP contribution < -0.4 is 0 Å². The summed E-state index contributed by atoms with van der Waals surface area (Å²) in [5.41, 5.74) is 1.42. The molecule has 0 aliphatic heterocycles. The molecule has 132 valence electrons. The molecule has 0 spiro atoms. The number of hydrogen-bond donors (Lipinski definition) is 4. The minimum Gasteiger partial charge on any atom is -0.395 e. The monoisotopic (exact) mass is 324 g/mol. The van der Waals surface area contributed by atoms with Gasteiger partial charge in [0.15, 0.2) is 0 Å². The average Bonchev–Trinajstić information content (AvgIpc) is 2.47. The molecule has 0 saturated heterocycles. The minimum absolute atomic E-state index is 0.0336. The van der Waals surface area contributed by atoms with Gasteiger partial charge in [0, 0.05) is 0 Å². The van der Waals surface area contributed by atoms with Gasteiger partial charge in [0.1, 0.15) is 0 Å². The molecule has 0 radical (unpaired) electrons. The van der Waals surface area contributed by atoms with Crippen molar-refractivity contribution >= 4 is 0 Å². The molecular weight excluding hydrogens is 292 g/mol. The van der Waals surface area contributed by atoms with E-state index in [9.17, 15) is 20.4 Å². The smallest absolute Gasteiger partial charge is 0.0912 e. The lowest BCUT2D eigenvalue weighted by atomic mass is 9.73. The van der Waals surface area contributed by atoms with Gasteiger partial charge in [-0.2, -0.15) is 0 Å². The van der Waals surface area contributed by atoms with Crippen LogP contribution in [0, 0.1) is 5.41 Å². The van der Waals surface area contributed by atoms with E-state index in [1.807, 2.05) is 18.2 Å². The van der Waals surface area contributed by atoms with Crippen molar-refractivity contribution in [2.75, 3.05) is 19.8 Å². The molecule has 0 aromatic heterocycles. The van der Waals surface area contributed by atoms with Gasteiger partial charge >= 0.3 is 0 Å². The van der Waals surface area contributed by atoms with Gasteiger partial charge in [-0.25, -0.2) is 0 Å². The van der Waals surface area contributed by atoms with Gasteiger partial charge in [0.25, 0.3) is 0 Å². The molecule has 1 aromatic rings. The first-order chi connectivity index (χ1) is 10.4. The quantitative estimate of drug-likeness (QED) is 0.670. The van der Waals surface area contributed by atoms with E-state index in [1.165, 1.54) is 5.56 Å². The standard InChI is InChI=1S/C19H32O4/c1-17(2,3)14-8-7-13(9-15(14)18(4,5)6)16(23)19(10-20,11-21)12-22/h7-9,16,20-23H,10-12H2,1-6H3. The van der Waals surface area contributed by atoms with E-state index in [0.29, 0.717) is 5.56 Å². The second-order valence-corrected chi connectivity index (χ2v) is 8.54. The normalized spacial score (nSPS) is 14.9. The Morgan fingerprint density at radius 2 is 1.22 bits per heavy atom. The van der Waals surface area contributed by atoms with Gasteiger partial charge in [-0.05, 0) is 27.5 Å². The zero-order chi connectivity index (χ0) is 18.1. The summed E-state index contributed by atoms with van der Waals surface area (Å²) in [4.78, 5) is 0. The molecule has 1 atom stereocenters. The third kappa shape index (κ3) is 4.13. The molecule has 0 aliphatic carbocycles. The molecule has 4 heteroatoms. The summed E-state index contributed by atoms with van der Waals surface area (Å²) in [6, 6.07) is 5.74. The zero-order valence-corrected chi connectivity index (χ0v) is 15.2. The Morgan fingerprint density at radius 3 is 1.57 bits per heavy atom. The second kappa shape index (κ2) is 6.89. The van der Waals surface area contributed by atoms with Gasteiger partial charge < -0.3 is 20.4 Å². The Labute approximate surface area is 139 Å². The summed E-state index contributed by atoms with van der Waals surface area (Å²) >= 11 is 0. The fourth-order valence-electron chi connectivity index (χ4n) is 2.77. The highest BCUT2D eigenvalue weighted by Crippen LogP contribution is 2.39. The highest BCUT2D eigenvalue weighted by atomic mass is 16.3. The number of aliphatic hydroxyl groups excluding tert-OH is 4. The Morgan fingerprint density at radius 1 is 0.783 bits per heavy atom. The largest absolute Gasteiger partial charge is 0.395 e. The molecule has 0 fully saturated rings. The predicted octanol–water partition coefficient (Wildman–Crippen LogP) is 2.28. The van der Waals surface area contributed by atoms with Crippen molar-refractivity contribution in [3.05, 3.63) is 34.9 Å². The van der Waals surface area contributed by atoms with E-state index in [2.05, 4.69) is 41.5 Å². The van der Waals surface area contributed by atoms with Gasteiger partial charge in [-0.1, -0.05) is 59.7 Å². The summed E-state index contributed by atoms with van der Waals surface area (Å²) in [6.45, 7) is 11.3. The first kappa shape index (κ1) is 20.1. The zero-order valence-electron chi connectivity index (χ0n) is 15.2. The average molecular weight is 324 g/mol. The third-order valence-electron chi connectivity index (χ3n) is 4.50. The summed E-state index contributed by atoms with van der Waals surface area (Å²) in [5.74, 6) is 0. The number of benzene rings is 1. The Kier molecular flexibility index (Phi) is 6.03. The van der Waals surface area contributed by atoms with Crippen molar-refractivity contribution in [3.63, 3.8) is 0 Å². The molecule has 4 N–H and O–H groups in total. The number of hydrogen-bond acceptors (Lipinski definition) is 4. The molecule has 0 bridgehead atoms. The van der Waals surface area contributed by atoms with Crippen molar-refractivity contribution < 1.29 is 20.4 Å². The second-order valence-electron chi connectivity index (χ2n) is 8.54. The van der Waals surface area contributed by atoms with E-state index in [0.717, 1.165) is 5.56 Å². The number of aliphatic hydroxyl groups is 4. The van der Waals surface area contributed by atoms with Crippen molar-refractivity contribution in [3.8, 4) is 0 Å². The highest BCUT2D eigenvalue weighted by Gasteiger charge is 2.38. The topological polar surface area (TPSA) is 80.9 Å². The van der Waals surface area contributed by atoms with Gasteiger partial charge in [-0.15, -0.1) is 0 Å². The van der Waals surface area contributed by atoms with Crippen LogP contribution in [0.1, 0.15) is 64.3 Å². The van der Waals surface area contributed by atoms with Crippen LogP contribution in [0.2, 0.25) is 0 Å². The Balaban J connectivity index is 3.47. The van der Waals surface area contributed by atoms with E-state index >= 15 is 0 Å². The predicted molar refractivity (Wildman–Crippen MR) is 92.5 cm³/mol. The summed E-state index contributed by atoms with van der Waals surface area (Å²) in [5, 5.41) is 39.3. The lowest BCUT2D eigenvalue weighted by Crippen LogP contribution is -2.40. The van der Waals surface area contributed by atoms with E-state index in [4.69, 9.17) is 0 Å². The van der Waals surface area contributed by atoms with Gasteiger partial charge in [0.2, 0.25) is 0 Å². The molecule has 4 nitrogen and oxygen atoms in total. The fraction of sp³-hybridized carbons (Fsp3) is 0.684. The molecule has 0 heterocycles. The molecule has 1 unspecified atom stereocenters. The molecule has 0 aliphatic rings. The Hall–Kier alpha value is -0.940. The molecule has 1 rings (SSSR count). The van der Waals surface area contributed by atoms with Crippen LogP contribution in [0.3, 0.4) is 0 Å². The third-order valence-corrected chi connectivity index (χ3v) is 4.50. The maximum atomic E-state index is 10.6. The van der Waals surface area contributed by atoms with Crippen LogP contribution in [0.5, 0.6) is 0 Å². The summed E-state index contributed by atoms with van der Waals surface area (Å²) in [7, 11) is 0. The molecule has 0 saturated carbocycles. The van der Waals surface area contributed by atoms with E-state index < -0.39 is 31.3 Å². The first-order valence-electron chi connectivity index (χ1n) is 8.08. The van der Waals surface area contributed by atoms with E-state index in [1.54, 1.807) is 0 Å². The molecule has 23 heavy (non-hydrogen) atoms. The maximum Gasteiger partial charge on any atom is 0.0912 e.